The van der Waals surface area contributed by atoms with Crippen LogP contribution in [0.3, 0.4) is 0 Å². The molecule has 0 saturated carbocycles. The van der Waals surface area contributed by atoms with Gasteiger partial charge in [0.15, 0.2) is 0 Å². The van der Waals surface area contributed by atoms with E-state index >= 15 is 0 Å². The van der Waals surface area contributed by atoms with Gasteiger partial charge >= 0.3 is 0 Å². The average molecular weight is 452 g/mol. The van der Waals surface area contributed by atoms with Gasteiger partial charge < -0.3 is 9.64 Å². The van der Waals surface area contributed by atoms with Crippen LogP contribution in [0.25, 0.3) is 11.1 Å². The van der Waals surface area contributed by atoms with E-state index in [2.05, 4.69) is 16.0 Å². The number of aryl methyl sites for hydroxylation is 1. The molecule has 0 spiro atoms. The molecule has 0 radical (unpaired) electrons. The summed E-state index contributed by atoms with van der Waals surface area (Å²) < 4.78 is 6.15. The van der Waals surface area contributed by atoms with Gasteiger partial charge in [-0.15, -0.1) is 0 Å². The smallest absolute Gasteiger partial charge is 0.137 e. The lowest BCUT2D eigenvalue weighted by atomic mass is 10.0. The van der Waals surface area contributed by atoms with Crippen molar-refractivity contribution in [1.82, 2.24) is 9.97 Å². The third kappa shape index (κ3) is 6.29. The fourth-order valence-corrected chi connectivity index (χ4v) is 3.70. The van der Waals surface area contributed by atoms with Crippen LogP contribution in [0.5, 0.6) is 5.75 Å². The van der Waals surface area contributed by atoms with E-state index in [1.165, 1.54) is 0 Å². The van der Waals surface area contributed by atoms with Crippen LogP contribution in [0.15, 0.2) is 91.4 Å². The molecule has 0 fully saturated rings. The molecule has 0 N–H and O–H groups in total. The Morgan fingerprint density at radius 1 is 0.853 bits per heavy atom. The first-order chi connectivity index (χ1) is 16.6. The molecule has 0 atom stereocenters. The minimum atomic E-state index is 0.232. The van der Waals surface area contributed by atoms with Gasteiger partial charge in [-0.25, -0.2) is 4.98 Å². The lowest BCUT2D eigenvalue weighted by molar-refractivity contribution is -0.118. The number of para-hydroxylation sites is 1. The molecule has 0 aliphatic heterocycles. The summed E-state index contributed by atoms with van der Waals surface area (Å²) in [5, 5.41) is 0. The molecule has 0 bridgehead atoms. The number of carbonyl (C=O) groups excluding carboxylic acids is 1. The third-order valence-corrected chi connectivity index (χ3v) is 5.64. The van der Waals surface area contributed by atoms with Crippen molar-refractivity contribution in [3.8, 4) is 16.9 Å². The summed E-state index contributed by atoms with van der Waals surface area (Å²) in [4.78, 5) is 23.0. The van der Waals surface area contributed by atoms with Gasteiger partial charge in [-0.2, -0.15) is 0 Å². The molecule has 5 heteroatoms. The Balaban J connectivity index is 1.33. The van der Waals surface area contributed by atoms with Gasteiger partial charge in [-0.1, -0.05) is 48.5 Å². The monoisotopic (exact) mass is 451 g/mol. The number of nitrogens with zero attached hydrogens (tertiary/aromatic N) is 3. The maximum Gasteiger partial charge on any atom is 0.137 e. The molecule has 0 unspecified atom stereocenters. The lowest BCUT2D eigenvalue weighted by Gasteiger charge is -2.14. The van der Waals surface area contributed by atoms with Crippen molar-refractivity contribution in [2.24, 2.45) is 0 Å². The molecule has 2 aromatic heterocycles. The Kier molecular flexibility index (Phi) is 7.66. The highest BCUT2D eigenvalue weighted by molar-refractivity contribution is 5.81. The Labute approximate surface area is 201 Å². The number of Topliss-reactive ketones (excluding diaryl/α,β-unsaturated/α-hetero) is 1. The zero-order chi connectivity index (χ0) is 23.8. The quantitative estimate of drug-likeness (QED) is 0.317. The van der Waals surface area contributed by atoms with Gasteiger partial charge in [0.25, 0.3) is 0 Å². The van der Waals surface area contributed by atoms with E-state index in [9.17, 15) is 4.79 Å². The van der Waals surface area contributed by atoms with Crippen LogP contribution in [0.1, 0.15) is 23.1 Å². The fraction of sp³-hybridized carbons (Fsp3) is 0.207. The second-order valence-corrected chi connectivity index (χ2v) is 8.48. The van der Waals surface area contributed by atoms with Crippen LogP contribution in [0.4, 0.5) is 5.82 Å². The van der Waals surface area contributed by atoms with Gasteiger partial charge in [0.2, 0.25) is 0 Å². The Bertz CT molecular complexity index is 1200. The average Bonchev–Trinajstić information content (AvgIpc) is 2.88. The van der Waals surface area contributed by atoms with Crippen LogP contribution in [0, 0.1) is 0 Å². The van der Waals surface area contributed by atoms with E-state index < -0.39 is 0 Å². The van der Waals surface area contributed by atoms with Gasteiger partial charge in [-0.05, 0) is 47.4 Å². The predicted octanol–water partition coefficient (Wildman–Crippen LogP) is 5.53. The maximum atomic E-state index is 12.4. The summed E-state index contributed by atoms with van der Waals surface area (Å²) in [6.07, 6.45) is 7.13. The van der Waals surface area contributed by atoms with Gasteiger partial charge in [0.05, 0.1) is 0 Å². The molecule has 4 aromatic rings. The summed E-state index contributed by atoms with van der Waals surface area (Å²) in [7, 11) is 3.95. The van der Waals surface area contributed by atoms with Crippen molar-refractivity contribution in [3.05, 3.63) is 108 Å². The van der Waals surface area contributed by atoms with Gasteiger partial charge in [0.1, 0.15) is 24.0 Å². The molecule has 4 rings (SSSR count). The number of rotatable bonds is 10. The largest absolute Gasteiger partial charge is 0.488 e. The standard InChI is InChI=1S/C29H29N3O2/c1-32(2)29-16-14-25(20-31-29)27-7-3-4-8-28(27)34-21-24-11-9-22(10-12-24)18-26(33)15-13-23-6-5-17-30-19-23/h3-12,14,16-17,19-20H,13,15,18,21H2,1-2H3. The highest BCUT2D eigenvalue weighted by atomic mass is 16.5. The van der Waals surface area contributed by atoms with Gasteiger partial charge in [0, 0.05) is 56.7 Å². The fourth-order valence-electron chi connectivity index (χ4n) is 3.70. The lowest BCUT2D eigenvalue weighted by Crippen LogP contribution is -2.10. The molecule has 0 amide bonds. The zero-order valence-corrected chi connectivity index (χ0v) is 19.6. The molecule has 0 saturated heterocycles. The number of ketones is 1. The molecule has 172 valence electrons. The number of hydrogen-bond donors (Lipinski definition) is 0. The normalized spacial score (nSPS) is 10.6. The number of ether oxygens (including phenoxy) is 1. The van der Waals surface area contributed by atoms with Crippen LogP contribution >= 0.6 is 0 Å². The predicted molar refractivity (Wildman–Crippen MR) is 136 cm³/mol. The summed E-state index contributed by atoms with van der Waals surface area (Å²) in [5.41, 5.74) is 5.19. The number of benzene rings is 2. The van der Waals surface area contributed by atoms with Crippen LogP contribution in [-0.2, 0) is 24.2 Å². The van der Waals surface area contributed by atoms with E-state index in [4.69, 9.17) is 4.74 Å². The molecule has 0 aliphatic rings. The first kappa shape index (κ1) is 23.2. The molecular formula is C29H29N3O2. The maximum absolute atomic E-state index is 12.4. The van der Waals surface area contributed by atoms with Crippen molar-refractivity contribution in [2.75, 3.05) is 19.0 Å². The van der Waals surface area contributed by atoms with Crippen molar-refractivity contribution < 1.29 is 9.53 Å². The third-order valence-electron chi connectivity index (χ3n) is 5.64. The Hall–Kier alpha value is -3.99. The summed E-state index contributed by atoms with van der Waals surface area (Å²) in [6, 6.07) is 24.0. The Morgan fingerprint density at radius 3 is 2.35 bits per heavy atom. The zero-order valence-electron chi connectivity index (χ0n) is 19.6. The topological polar surface area (TPSA) is 55.3 Å². The van der Waals surface area contributed by atoms with Crippen LogP contribution in [-0.4, -0.2) is 29.8 Å². The number of pyridine rings is 2. The second kappa shape index (κ2) is 11.2. The SMILES string of the molecule is CN(C)c1ccc(-c2ccccc2OCc2ccc(CC(=O)CCc3cccnc3)cc2)cn1. The molecular weight excluding hydrogens is 422 g/mol. The van der Waals surface area contributed by atoms with Crippen molar-refractivity contribution in [3.63, 3.8) is 0 Å². The molecule has 2 heterocycles. The summed E-state index contributed by atoms with van der Waals surface area (Å²) in [6.45, 7) is 0.454. The van der Waals surface area contributed by atoms with E-state index in [0.29, 0.717) is 19.4 Å². The van der Waals surface area contributed by atoms with Gasteiger partial charge in [-0.3, -0.25) is 9.78 Å². The molecule has 0 aliphatic carbocycles. The minimum Gasteiger partial charge on any atom is -0.488 e. The molecule has 5 nitrogen and oxygen atoms in total. The van der Waals surface area contributed by atoms with E-state index in [0.717, 1.165) is 45.8 Å². The number of aromatic nitrogens is 2. The van der Waals surface area contributed by atoms with Crippen LogP contribution < -0.4 is 9.64 Å². The highest BCUT2D eigenvalue weighted by Gasteiger charge is 2.09. The number of anilines is 1. The van der Waals surface area contributed by atoms with Crippen molar-refractivity contribution >= 4 is 11.6 Å². The highest BCUT2D eigenvalue weighted by Crippen LogP contribution is 2.30. The number of hydrogen-bond acceptors (Lipinski definition) is 5. The van der Waals surface area contributed by atoms with Crippen LogP contribution in [0.2, 0.25) is 0 Å². The van der Waals surface area contributed by atoms with E-state index in [1.807, 2.05) is 98.1 Å². The van der Waals surface area contributed by atoms with E-state index in [-0.39, 0.29) is 5.78 Å². The first-order valence-corrected chi connectivity index (χ1v) is 11.4. The number of carbonyl (C=O) groups is 1. The first-order valence-electron chi connectivity index (χ1n) is 11.4. The van der Waals surface area contributed by atoms with Crippen molar-refractivity contribution in [2.45, 2.75) is 25.9 Å². The minimum absolute atomic E-state index is 0.232. The molecule has 2 aromatic carbocycles. The molecule has 34 heavy (non-hydrogen) atoms. The van der Waals surface area contributed by atoms with Crippen molar-refractivity contribution in [1.29, 1.82) is 0 Å². The summed E-state index contributed by atoms with van der Waals surface area (Å²) in [5.74, 6) is 1.96. The summed E-state index contributed by atoms with van der Waals surface area (Å²) >= 11 is 0. The Morgan fingerprint density at radius 2 is 1.65 bits per heavy atom. The van der Waals surface area contributed by atoms with E-state index in [1.54, 1.807) is 6.20 Å². The second-order valence-electron chi connectivity index (χ2n) is 8.48.